The van der Waals surface area contributed by atoms with Crippen molar-refractivity contribution in [2.24, 2.45) is 10.8 Å². The topological polar surface area (TPSA) is 113 Å². The van der Waals surface area contributed by atoms with E-state index in [2.05, 4.69) is 20.5 Å². The van der Waals surface area contributed by atoms with Gasteiger partial charge in [0, 0.05) is 18.0 Å². The van der Waals surface area contributed by atoms with Gasteiger partial charge in [0.25, 0.3) is 0 Å². The number of amides is 2. The maximum absolute atomic E-state index is 10.6. The van der Waals surface area contributed by atoms with Crippen molar-refractivity contribution in [3.05, 3.63) is 29.4 Å². The minimum absolute atomic E-state index is 0.135. The number of aromatic nitrogens is 2. The summed E-state index contributed by atoms with van der Waals surface area (Å²) in [4.78, 5) is 19.0. The molecule has 0 radical (unpaired) electrons. The summed E-state index contributed by atoms with van der Waals surface area (Å²) in [5.74, 6) is -0.135. The second kappa shape index (κ2) is 5.44. The molecule has 19 heavy (non-hydrogen) atoms. The predicted octanol–water partition coefficient (Wildman–Crippen LogP) is 1.30. The van der Waals surface area contributed by atoms with E-state index in [9.17, 15) is 9.90 Å². The Bertz CT molecular complexity index is 623. The molecule has 2 amide bonds. The number of primary amides is 1. The summed E-state index contributed by atoms with van der Waals surface area (Å²) >= 11 is 1.26. The molecule has 0 aromatic carbocycles. The van der Waals surface area contributed by atoms with Crippen LogP contribution in [-0.2, 0) is 0 Å². The Morgan fingerprint density at radius 1 is 1.47 bits per heavy atom. The molecule has 8 heteroatoms. The Balaban J connectivity index is 2.32. The van der Waals surface area contributed by atoms with Gasteiger partial charge in [-0.25, -0.2) is 15.2 Å². The summed E-state index contributed by atoms with van der Waals surface area (Å²) in [7, 11) is 0. The van der Waals surface area contributed by atoms with Gasteiger partial charge in [-0.05, 0) is 19.1 Å². The number of carbonyl (C=O) groups is 1. The molecule has 0 saturated carbocycles. The summed E-state index contributed by atoms with van der Waals surface area (Å²) in [6.07, 6.45) is 3.28. The van der Waals surface area contributed by atoms with Gasteiger partial charge in [0.15, 0.2) is 0 Å². The molecule has 2 aromatic rings. The highest BCUT2D eigenvalue weighted by Crippen LogP contribution is 2.31. The van der Waals surface area contributed by atoms with E-state index in [1.54, 1.807) is 31.5 Å². The normalized spacial score (nSPS) is 11.3. The lowest BCUT2D eigenvalue weighted by Crippen LogP contribution is -2.25. The number of pyridine rings is 1. The van der Waals surface area contributed by atoms with Gasteiger partial charge < -0.3 is 10.8 Å². The molecule has 0 unspecified atom stereocenters. The first-order valence-electron chi connectivity index (χ1n) is 5.28. The molecular weight excluding hydrogens is 266 g/mol. The van der Waals surface area contributed by atoms with Crippen molar-refractivity contribution < 1.29 is 9.90 Å². The van der Waals surface area contributed by atoms with Crippen molar-refractivity contribution in [2.75, 3.05) is 0 Å². The Morgan fingerprint density at radius 3 is 2.79 bits per heavy atom. The van der Waals surface area contributed by atoms with Crippen molar-refractivity contribution >= 4 is 23.1 Å². The Morgan fingerprint density at radius 2 is 2.16 bits per heavy atom. The van der Waals surface area contributed by atoms with Crippen molar-refractivity contribution in [3.8, 4) is 16.5 Å². The van der Waals surface area contributed by atoms with Crippen LogP contribution in [-0.4, -0.2) is 26.8 Å². The molecule has 0 spiro atoms. The SMILES string of the molecule is C/C(=N\NC(N)=O)c1sc(-c2ccncc2)nc1O. The van der Waals surface area contributed by atoms with Crippen LogP contribution >= 0.6 is 11.3 Å². The largest absolute Gasteiger partial charge is 0.492 e. The van der Waals surface area contributed by atoms with Crippen molar-refractivity contribution in [1.29, 1.82) is 0 Å². The smallest absolute Gasteiger partial charge is 0.332 e. The first-order chi connectivity index (χ1) is 9.08. The third-order valence-electron chi connectivity index (χ3n) is 2.20. The molecule has 98 valence electrons. The third kappa shape index (κ3) is 3.05. The molecule has 2 rings (SSSR count). The first kappa shape index (κ1) is 13.0. The zero-order valence-corrected chi connectivity index (χ0v) is 10.8. The Hall–Kier alpha value is -2.48. The minimum Gasteiger partial charge on any atom is -0.492 e. The van der Waals surface area contributed by atoms with Gasteiger partial charge in [-0.1, -0.05) is 0 Å². The minimum atomic E-state index is -0.766. The summed E-state index contributed by atoms with van der Waals surface area (Å²) in [6, 6.07) is 2.81. The highest BCUT2D eigenvalue weighted by Gasteiger charge is 2.14. The van der Waals surface area contributed by atoms with E-state index in [0.29, 0.717) is 15.6 Å². The summed E-state index contributed by atoms with van der Waals surface area (Å²) < 4.78 is 0. The number of hydrazone groups is 1. The van der Waals surface area contributed by atoms with Crippen molar-refractivity contribution in [3.63, 3.8) is 0 Å². The number of urea groups is 1. The zero-order chi connectivity index (χ0) is 13.8. The molecule has 4 N–H and O–H groups in total. The van der Waals surface area contributed by atoms with Gasteiger partial charge in [-0.15, -0.1) is 11.3 Å². The van der Waals surface area contributed by atoms with Gasteiger partial charge in [0.05, 0.1) is 5.71 Å². The molecule has 0 bridgehead atoms. The predicted molar refractivity (Wildman–Crippen MR) is 71.9 cm³/mol. The van der Waals surface area contributed by atoms with Crippen molar-refractivity contribution in [1.82, 2.24) is 15.4 Å². The average Bonchev–Trinajstić information content (AvgIpc) is 2.79. The lowest BCUT2D eigenvalue weighted by atomic mass is 10.3. The number of thiazole rings is 1. The van der Waals surface area contributed by atoms with Crippen LogP contribution in [0.1, 0.15) is 11.8 Å². The maximum Gasteiger partial charge on any atom is 0.332 e. The summed E-state index contributed by atoms with van der Waals surface area (Å²) in [6.45, 7) is 1.64. The lowest BCUT2D eigenvalue weighted by Gasteiger charge is -1.96. The number of nitrogens with two attached hydrogens (primary N) is 1. The quantitative estimate of drug-likeness (QED) is 0.579. The van der Waals surface area contributed by atoms with E-state index < -0.39 is 6.03 Å². The number of hydrogen-bond acceptors (Lipinski definition) is 6. The second-order valence-corrected chi connectivity index (χ2v) is 4.58. The first-order valence-corrected chi connectivity index (χ1v) is 6.10. The van der Waals surface area contributed by atoms with E-state index in [4.69, 9.17) is 5.73 Å². The molecule has 0 aliphatic rings. The maximum atomic E-state index is 10.6. The Kier molecular flexibility index (Phi) is 3.71. The molecule has 2 heterocycles. The molecule has 0 fully saturated rings. The van der Waals surface area contributed by atoms with Crippen LogP contribution in [0, 0.1) is 0 Å². The number of rotatable bonds is 3. The van der Waals surface area contributed by atoms with Crippen LogP contribution in [0.25, 0.3) is 10.6 Å². The van der Waals surface area contributed by atoms with Crippen LogP contribution < -0.4 is 11.2 Å². The fourth-order valence-electron chi connectivity index (χ4n) is 1.36. The average molecular weight is 277 g/mol. The van der Waals surface area contributed by atoms with Crippen LogP contribution in [0.2, 0.25) is 0 Å². The van der Waals surface area contributed by atoms with Gasteiger partial charge >= 0.3 is 6.03 Å². The van der Waals surface area contributed by atoms with E-state index in [1.165, 1.54) is 11.3 Å². The third-order valence-corrected chi connectivity index (χ3v) is 3.40. The highest BCUT2D eigenvalue weighted by molar-refractivity contribution is 7.17. The fraction of sp³-hybridized carbons (Fsp3) is 0.0909. The molecule has 0 saturated heterocycles. The number of nitrogens with zero attached hydrogens (tertiary/aromatic N) is 3. The fourth-order valence-corrected chi connectivity index (χ4v) is 2.27. The van der Waals surface area contributed by atoms with Gasteiger partial charge in [-0.3, -0.25) is 4.98 Å². The summed E-state index contributed by atoms with van der Waals surface area (Å²) in [5, 5.41) is 14.2. The summed E-state index contributed by atoms with van der Waals surface area (Å²) in [5.41, 5.74) is 8.29. The Labute approximate surface area is 112 Å². The number of carbonyl (C=O) groups excluding carboxylic acids is 1. The second-order valence-electron chi connectivity index (χ2n) is 3.58. The molecule has 2 aromatic heterocycles. The van der Waals surface area contributed by atoms with E-state index in [-0.39, 0.29) is 5.88 Å². The van der Waals surface area contributed by atoms with Crippen molar-refractivity contribution in [2.45, 2.75) is 6.92 Å². The number of aromatic hydroxyl groups is 1. The van der Waals surface area contributed by atoms with Gasteiger partial charge in [0.1, 0.15) is 9.88 Å². The van der Waals surface area contributed by atoms with E-state index in [1.807, 2.05) is 0 Å². The molecule has 0 atom stereocenters. The van der Waals surface area contributed by atoms with Crippen LogP contribution in [0.3, 0.4) is 0 Å². The van der Waals surface area contributed by atoms with Crippen LogP contribution in [0.15, 0.2) is 29.6 Å². The van der Waals surface area contributed by atoms with Gasteiger partial charge in [-0.2, -0.15) is 5.10 Å². The molecule has 0 aliphatic carbocycles. The standard InChI is InChI=1S/C11H11N5O2S/c1-6(15-16-11(12)18)8-9(17)14-10(19-8)7-2-4-13-5-3-7/h2-5,17H,1H3,(H3,12,16,18)/b15-6+. The molecule has 0 aliphatic heterocycles. The highest BCUT2D eigenvalue weighted by atomic mass is 32.1. The number of hydrogen-bond donors (Lipinski definition) is 3. The van der Waals surface area contributed by atoms with Gasteiger partial charge in [0.2, 0.25) is 5.88 Å². The number of nitrogens with one attached hydrogen (secondary N) is 1. The monoisotopic (exact) mass is 277 g/mol. The van der Waals surface area contributed by atoms with E-state index >= 15 is 0 Å². The molecule has 7 nitrogen and oxygen atoms in total. The van der Waals surface area contributed by atoms with Crippen LogP contribution in [0.5, 0.6) is 5.88 Å². The van der Waals surface area contributed by atoms with Crippen LogP contribution in [0.4, 0.5) is 4.79 Å². The zero-order valence-electron chi connectivity index (χ0n) is 9.99. The van der Waals surface area contributed by atoms with E-state index in [0.717, 1.165) is 5.56 Å². The molecular formula is C11H11N5O2S. The lowest BCUT2D eigenvalue weighted by molar-refractivity contribution is 0.249.